The number of rotatable bonds is 3. The molecule has 0 amide bonds. The van der Waals surface area contributed by atoms with E-state index in [1.54, 1.807) is 0 Å². The van der Waals surface area contributed by atoms with Crippen LogP contribution < -0.4 is 4.90 Å². The average Bonchev–Trinajstić information content (AvgIpc) is 3.65. The minimum atomic E-state index is -0.405. The van der Waals surface area contributed by atoms with Gasteiger partial charge < -0.3 is 9.32 Å². The standard InChI is InChI=1S/C46H33NO/c1-45(2)39-19-9-11-21-41(39)46(42-22-12-10-20-40(42)45)37-18-8-6-16-33(37)36-28-31(25-27-38(36)46)47(30-14-4-3-5-15-30)32-24-26-35-34-17-7-13-23-43(34)48-44(35)29-32/h3-29H,1-2H3. The second-order valence-corrected chi connectivity index (χ2v) is 13.7. The smallest absolute Gasteiger partial charge is 0.137 e. The quantitative estimate of drug-likeness (QED) is 0.197. The van der Waals surface area contributed by atoms with E-state index in [9.17, 15) is 0 Å². The number of para-hydroxylation sites is 2. The van der Waals surface area contributed by atoms with E-state index >= 15 is 0 Å². The van der Waals surface area contributed by atoms with Crippen molar-refractivity contribution < 1.29 is 4.42 Å². The zero-order chi connectivity index (χ0) is 32.0. The summed E-state index contributed by atoms with van der Waals surface area (Å²) in [4.78, 5) is 2.35. The van der Waals surface area contributed by atoms with E-state index in [0.717, 1.165) is 39.0 Å². The van der Waals surface area contributed by atoms with Crippen LogP contribution in [0.4, 0.5) is 17.1 Å². The maximum Gasteiger partial charge on any atom is 0.137 e. The molecule has 2 nitrogen and oxygen atoms in total. The lowest BCUT2D eigenvalue weighted by atomic mass is 9.55. The van der Waals surface area contributed by atoms with Crippen molar-refractivity contribution in [3.05, 3.63) is 197 Å². The zero-order valence-corrected chi connectivity index (χ0v) is 26.9. The molecule has 0 N–H and O–H groups in total. The van der Waals surface area contributed by atoms with Crippen molar-refractivity contribution in [2.75, 3.05) is 4.90 Å². The number of hydrogen-bond donors (Lipinski definition) is 0. The summed E-state index contributed by atoms with van der Waals surface area (Å²) in [6.45, 7) is 4.75. The summed E-state index contributed by atoms with van der Waals surface area (Å²) in [6.07, 6.45) is 0. The Morgan fingerprint density at radius 2 is 0.938 bits per heavy atom. The van der Waals surface area contributed by atoms with E-state index in [4.69, 9.17) is 4.42 Å². The lowest BCUT2D eigenvalue weighted by molar-refractivity contribution is 0.563. The molecule has 8 aromatic rings. The number of nitrogens with zero attached hydrogens (tertiary/aromatic N) is 1. The Balaban J connectivity index is 1.24. The van der Waals surface area contributed by atoms with Gasteiger partial charge in [0, 0.05) is 39.3 Å². The van der Waals surface area contributed by atoms with Crippen molar-refractivity contribution >= 4 is 39.0 Å². The van der Waals surface area contributed by atoms with Gasteiger partial charge in [0.15, 0.2) is 0 Å². The SMILES string of the molecule is CC1(C)c2ccccc2C2(c3ccccc3-c3cc(N(c4ccccc4)c4ccc5c(c4)oc4ccccc45)ccc32)c2ccccc21. The highest BCUT2D eigenvalue weighted by Crippen LogP contribution is 2.62. The van der Waals surface area contributed by atoms with E-state index in [-0.39, 0.29) is 5.41 Å². The summed E-state index contributed by atoms with van der Waals surface area (Å²) in [5.41, 5.74) is 15.3. The molecule has 2 aliphatic carbocycles. The van der Waals surface area contributed by atoms with Crippen molar-refractivity contribution in [3.8, 4) is 11.1 Å². The van der Waals surface area contributed by atoms with Crippen LogP contribution in [-0.4, -0.2) is 0 Å². The molecule has 0 saturated carbocycles. The molecule has 0 fully saturated rings. The number of anilines is 3. The number of furan rings is 1. The molecule has 1 heterocycles. The van der Waals surface area contributed by atoms with Gasteiger partial charge in [0.25, 0.3) is 0 Å². The molecular weight excluding hydrogens is 583 g/mol. The monoisotopic (exact) mass is 615 g/mol. The minimum Gasteiger partial charge on any atom is -0.456 e. The van der Waals surface area contributed by atoms with Gasteiger partial charge in [0.05, 0.1) is 5.41 Å². The van der Waals surface area contributed by atoms with Crippen molar-refractivity contribution in [1.82, 2.24) is 0 Å². The molecule has 7 aromatic carbocycles. The molecule has 2 heteroatoms. The van der Waals surface area contributed by atoms with Gasteiger partial charge in [-0.25, -0.2) is 0 Å². The first kappa shape index (κ1) is 27.3. The predicted octanol–water partition coefficient (Wildman–Crippen LogP) is 12.1. The third kappa shape index (κ3) is 3.52. The maximum absolute atomic E-state index is 6.37. The predicted molar refractivity (Wildman–Crippen MR) is 198 cm³/mol. The highest BCUT2D eigenvalue weighted by molar-refractivity contribution is 6.06. The highest BCUT2D eigenvalue weighted by atomic mass is 16.3. The largest absolute Gasteiger partial charge is 0.456 e. The Hall–Kier alpha value is -5.86. The second-order valence-electron chi connectivity index (χ2n) is 13.7. The van der Waals surface area contributed by atoms with Crippen LogP contribution >= 0.6 is 0 Å². The Bertz CT molecular complexity index is 2500. The normalized spacial score (nSPS) is 14.8. The summed E-state index contributed by atoms with van der Waals surface area (Å²) in [6, 6.07) is 59.9. The van der Waals surface area contributed by atoms with Crippen LogP contribution in [0.25, 0.3) is 33.1 Å². The Morgan fingerprint density at radius 3 is 1.69 bits per heavy atom. The Morgan fingerprint density at radius 1 is 0.396 bits per heavy atom. The maximum atomic E-state index is 6.37. The van der Waals surface area contributed by atoms with Gasteiger partial charge >= 0.3 is 0 Å². The van der Waals surface area contributed by atoms with Gasteiger partial charge in [-0.2, -0.15) is 0 Å². The van der Waals surface area contributed by atoms with Crippen molar-refractivity contribution in [3.63, 3.8) is 0 Å². The van der Waals surface area contributed by atoms with Crippen LogP contribution in [0.2, 0.25) is 0 Å². The third-order valence-electron chi connectivity index (χ3n) is 10.9. The average molecular weight is 616 g/mol. The van der Waals surface area contributed by atoms with Crippen LogP contribution in [0.1, 0.15) is 47.2 Å². The van der Waals surface area contributed by atoms with Gasteiger partial charge in [-0.1, -0.05) is 129 Å². The summed E-state index contributed by atoms with van der Waals surface area (Å²) in [5, 5.41) is 2.27. The van der Waals surface area contributed by atoms with Crippen molar-refractivity contribution in [2.24, 2.45) is 0 Å². The lowest BCUT2D eigenvalue weighted by Crippen LogP contribution is -2.40. The van der Waals surface area contributed by atoms with Crippen LogP contribution in [-0.2, 0) is 10.8 Å². The minimum absolute atomic E-state index is 0.116. The van der Waals surface area contributed by atoms with E-state index in [0.29, 0.717) is 0 Å². The second kappa shape index (κ2) is 9.82. The molecular formula is C46H33NO. The van der Waals surface area contributed by atoms with E-state index in [1.807, 2.05) is 12.1 Å². The van der Waals surface area contributed by atoms with E-state index in [2.05, 4.69) is 170 Å². The molecule has 0 radical (unpaired) electrons. The summed E-state index contributed by atoms with van der Waals surface area (Å²) >= 11 is 0. The first-order valence-corrected chi connectivity index (χ1v) is 16.8. The number of hydrogen-bond acceptors (Lipinski definition) is 2. The van der Waals surface area contributed by atoms with Crippen molar-refractivity contribution in [1.29, 1.82) is 0 Å². The van der Waals surface area contributed by atoms with Crippen LogP contribution in [0.3, 0.4) is 0 Å². The molecule has 0 saturated heterocycles. The molecule has 48 heavy (non-hydrogen) atoms. The molecule has 228 valence electrons. The Kier molecular flexibility index (Phi) is 5.58. The number of fused-ring (bicyclic) bond motifs is 12. The summed E-state index contributed by atoms with van der Waals surface area (Å²) < 4.78 is 6.37. The molecule has 0 bridgehead atoms. The molecule has 1 aromatic heterocycles. The van der Waals surface area contributed by atoms with Crippen LogP contribution in [0, 0.1) is 0 Å². The molecule has 0 atom stereocenters. The van der Waals surface area contributed by atoms with Gasteiger partial charge in [-0.15, -0.1) is 0 Å². The van der Waals surface area contributed by atoms with E-state index < -0.39 is 5.41 Å². The fourth-order valence-electron chi connectivity index (χ4n) is 8.87. The third-order valence-corrected chi connectivity index (χ3v) is 10.9. The fourth-order valence-corrected chi connectivity index (χ4v) is 8.87. The zero-order valence-electron chi connectivity index (χ0n) is 26.9. The highest BCUT2D eigenvalue weighted by Gasteiger charge is 2.53. The van der Waals surface area contributed by atoms with Crippen LogP contribution in [0.15, 0.2) is 168 Å². The molecule has 0 aliphatic heterocycles. The summed E-state index contributed by atoms with van der Waals surface area (Å²) in [5.74, 6) is 0. The van der Waals surface area contributed by atoms with Gasteiger partial charge in [-0.3, -0.25) is 0 Å². The van der Waals surface area contributed by atoms with Crippen LogP contribution in [0.5, 0.6) is 0 Å². The Labute approximate surface area is 280 Å². The number of benzene rings is 7. The first-order valence-electron chi connectivity index (χ1n) is 16.8. The van der Waals surface area contributed by atoms with Gasteiger partial charge in [-0.05, 0) is 87.0 Å². The fraction of sp³-hybridized carbons (Fsp3) is 0.0870. The van der Waals surface area contributed by atoms with Gasteiger partial charge in [0.1, 0.15) is 11.2 Å². The van der Waals surface area contributed by atoms with E-state index in [1.165, 1.54) is 44.5 Å². The lowest BCUT2D eigenvalue weighted by Gasteiger charge is -2.46. The molecule has 0 unspecified atom stereocenters. The van der Waals surface area contributed by atoms with Crippen molar-refractivity contribution in [2.45, 2.75) is 24.7 Å². The molecule has 10 rings (SSSR count). The topological polar surface area (TPSA) is 16.4 Å². The van der Waals surface area contributed by atoms with Gasteiger partial charge in [0.2, 0.25) is 0 Å². The molecule has 1 spiro atoms. The summed E-state index contributed by atoms with van der Waals surface area (Å²) in [7, 11) is 0. The molecule has 2 aliphatic rings. The first-order chi connectivity index (χ1) is 23.6.